The van der Waals surface area contributed by atoms with Crippen LogP contribution in [0.2, 0.25) is 0 Å². The molecule has 2 aliphatic rings. The Morgan fingerprint density at radius 1 is 1.02 bits per heavy atom. The quantitative estimate of drug-likeness (QED) is 0.272. The molecule has 1 amide bonds. The second-order valence-electron chi connectivity index (χ2n) is 10.6. The average molecular weight is 564 g/mol. The van der Waals surface area contributed by atoms with E-state index in [4.69, 9.17) is 18.9 Å². The number of likely N-dealkylation sites (N-methyl/N-ethyl adjacent to an activating group) is 1. The molecule has 0 bridgehead atoms. The monoisotopic (exact) mass is 563 g/mol. The van der Waals surface area contributed by atoms with Crippen LogP contribution >= 0.6 is 11.8 Å². The highest BCUT2D eigenvalue weighted by atomic mass is 32.2. The van der Waals surface area contributed by atoms with E-state index in [2.05, 4.69) is 20.2 Å². The first kappa shape index (κ1) is 27.9. The highest BCUT2D eigenvalue weighted by molar-refractivity contribution is 7.99. The first-order valence-corrected chi connectivity index (χ1v) is 14.2. The van der Waals surface area contributed by atoms with Gasteiger partial charge in [-0.15, -0.1) is 11.8 Å². The molecule has 3 aromatic carbocycles. The number of rotatable bonds is 9. The van der Waals surface area contributed by atoms with E-state index in [1.807, 2.05) is 60.7 Å². The normalized spacial score (nSPS) is 18.2. The number of ether oxygens (including phenoxy) is 4. The third kappa shape index (κ3) is 6.21. The van der Waals surface area contributed by atoms with Gasteiger partial charge in [0.15, 0.2) is 17.6 Å². The summed E-state index contributed by atoms with van der Waals surface area (Å²) in [6, 6.07) is 21.5. The van der Waals surface area contributed by atoms with Gasteiger partial charge in [0.2, 0.25) is 6.79 Å². The van der Waals surface area contributed by atoms with Crippen LogP contribution in [0, 0.1) is 0 Å². The Hall–Kier alpha value is -3.69. The smallest absolute Gasteiger partial charge is 0.303 e. The fourth-order valence-electron chi connectivity index (χ4n) is 4.95. The van der Waals surface area contributed by atoms with Crippen molar-refractivity contribution in [3.8, 4) is 17.2 Å². The van der Waals surface area contributed by atoms with E-state index in [-0.39, 0.29) is 12.7 Å². The number of thioether (sulfide) groups is 1. The van der Waals surface area contributed by atoms with Crippen LogP contribution in [0.15, 0.2) is 71.6 Å². The number of hydrogen-bond acceptors (Lipinski definition) is 7. The molecule has 0 spiro atoms. The van der Waals surface area contributed by atoms with Gasteiger partial charge in [0.1, 0.15) is 5.75 Å². The molecule has 8 nitrogen and oxygen atoms in total. The maximum absolute atomic E-state index is 14.1. The molecule has 210 valence electrons. The molecule has 0 aliphatic carbocycles. The number of anilines is 1. The summed E-state index contributed by atoms with van der Waals surface area (Å²) in [6.07, 6.45) is -0.104. The van der Waals surface area contributed by atoms with Gasteiger partial charge in [-0.3, -0.25) is 9.59 Å². The standard InChI is InChI=1S/C31H35N2O6S/c1-21(34)39-29-30(23-10-12-24(36-4)13-11-23)40-28-8-6-5-7-25(28)32(31(29)35)16-18-33(2,3)17-15-22-9-14-26-27(19-22)38-20-37-26/h5-14,19,29-30H,15-18,20H2,1-4H3/q+1/t29-,30+/m0/s1. The molecule has 0 unspecified atom stereocenters. The summed E-state index contributed by atoms with van der Waals surface area (Å²) in [6.45, 7) is 3.69. The summed E-state index contributed by atoms with van der Waals surface area (Å²) < 4.78 is 22.7. The number of carbonyl (C=O) groups is 2. The third-order valence-electron chi connectivity index (χ3n) is 7.30. The van der Waals surface area contributed by atoms with Gasteiger partial charge in [0.25, 0.3) is 5.91 Å². The molecule has 9 heteroatoms. The van der Waals surface area contributed by atoms with Crippen LogP contribution in [0.5, 0.6) is 17.2 Å². The number of methoxy groups -OCH3 is 1. The molecule has 5 rings (SSSR count). The number of fused-ring (bicyclic) bond motifs is 2. The molecule has 0 saturated heterocycles. The first-order valence-electron chi connectivity index (χ1n) is 13.3. The number of amides is 1. The van der Waals surface area contributed by atoms with Crippen molar-refractivity contribution < 1.29 is 33.0 Å². The molecule has 40 heavy (non-hydrogen) atoms. The Kier molecular flexibility index (Phi) is 8.23. The number of esters is 1. The zero-order chi connectivity index (χ0) is 28.3. The van der Waals surface area contributed by atoms with Crippen molar-refractivity contribution in [3.63, 3.8) is 0 Å². The first-order chi connectivity index (χ1) is 19.2. The van der Waals surface area contributed by atoms with E-state index < -0.39 is 17.3 Å². The average Bonchev–Trinajstić information content (AvgIpc) is 3.38. The summed E-state index contributed by atoms with van der Waals surface area (Å²) in [5.74, 6) is 1.59. The molecule has 0 fully saturated rings. The van der Waals surface area contributed by atoms with Gasteiger partial charge in [-0.05, 0) is 47.5 Å². The van der Waals surface area contributed by atoms with Crippen molar-refractivity contribution in [2.45, 2.75) is 29.6 Å². The Morgan fingerprint density at radius 3 is 2.52 bits per heavy atom. The SMILES string of the molecule is COc1ccc([C@H]2Sc3ccccc3N(CC[N+](C)(C)CCc3ccc4c(c3)OCO4)C(=O)[C@H]2OC(C)=O)cc1. The number of quaternary nitrogens is 1. The molecule has 0 radical (unpaired) electrons. The van der Waals surface area contributed by atoms with Crippen LogP contribution < -0.4 is 19.1 Å². The highest BCUT2D eigenvalue weighted by Crippen LogP contribution is 2.47. The molecule has 2 heterocycles. The second-order valence-corrected chi connectivity index (χ2v) is 11.8. The lowest BCUT2D eigenvalue weighted by Crippen LogP contribution is -2.50. The van der Waals surface area contributed by atoms with Crippen molar-refractivity contribution >= 4 is 29.3 Å². The molecule has 2 atom stereocenters. The van der Waals surface area contributed by atoms with Gasteiger partial charge in [0.05, 0.1) is 51.8 Å². The van der Waals surface area contributed by atoms with Crippen molar-refractivity contribution in [2.75, 3.05) is 52.5 Å². The number of hydrogen-bond donors (Lipinski definition) is 0. The molecule has 0 N–H and O–H groups in total. The Morgan fingerprint density at radius 2 is 1.77 bits per heavy atom. The summed E-state index contributed by atoms with van der Waals surface area (Å²) >= 11 is 1.54. The summed E-state index contributed by atoms with van der Waals surface area (Å²) in [7, 11) is 5.95. The van der Waals surface area contributed by atoms with Crippen LogP contribution in [0.25, 0.3) is 0 Å². The summed E-state index contributed by atoms with van der Waals surface area (Å²) in [5.41, 5.74) is 2.91. The molecular weight excluding hydrogens is 528 g/mol. The minimum Gasteiger partial charge on any atom is -0.497 e. The van der Waals surface area contributed by atoms with E-state index in [1.54, 1.807) is 23.8 Å². The van der Waals surface area contributed by atoms with Gasteiger partial charge in [-0.25, -0.2) is 0 Å². The number of para-hydroxylation sites is 1. The molecule has 0 saturated carbocycles. The van der Waals surface area contributed by atoms with Crippen LogP contribution in [0.1, 0.15) is 23.3 Å². The van der Waals surface area contributed by atoms with Crippen LogP contribution in [-0.2, 0) is 20.7 Å². The Labute approximate surface area is 239 Å². The number of benzene rings is 3. The van der Waals surface area contributed by atoms with Gasteiger partial charge in [-0.1, -0.05) is 30.3 Å². The van der Waals surface area contributed by atoms with Crippen molar-refractivity contribution in [3.05, 3.63) is 77.9 Å². The summed E-state index contributed by atoms with van der Waals surface area (Å²) in [5, 5.41) is -0.401. The minimum atomic E-state index is -0.965. The highest BCUT2D eigenvalue weighted by Gasteiger charge is 2.41. The number of carbonyl (C=O) groups excluding carboxylic acids is 2. The van der Waals surface area contributed by atoms with E-state index in [0.717, 1.165) is 52.9 Å². The van der Waals surface area contributed by atoms with Gasteiger partial charge < -0.3 is 28.3 Å². The number of nitrogens with zero attached hydrogens (tertiary/aromatic N) is 2. The van der Waals surface area contributed by atoms with E-state index in [0.29, 0.717) is 11.0 Å². The Bertz CT molecular complexity index is 1380. The summed E-state index contributed by atoms with van der Waals surface area (Å²) in [4.78, 5) is 29.1. The predicted octanol–water partition coefficient (Wildman–Crippen LogP) is 4.85. The molecular formula is C31H35N2O6S+. The van der Waals surface area contributed by atoms with Crippen LogP contribution in [0.4, 0.5) is 5.69 Å². The van der Waals surface area contributed by atoms with E-state index >= 15 is 0 Å². The lowest BCUT2D eigenvalue weighted by Gasteiger charge is -2.33. The van der Waals surface area contributed by atoms with Crippen LogP contribution in [0.3, 0.4) is 0 Å². The van der Waals surface area contributed by atoms with Gasteiger partial charge in [0, 0.05) is 18.2 Å². The maximum atomic E-state index is 14.1. The van der Waals surface area contributed by atoms with Crippen molar-refractivity contribution in [1.29, 1.82) is 0 Å². The predicted molar refractivity (Wildman–Crippen MR) is 154 cm³/mol. The largest absolute Gasteiger partial charge is 0.497 e. The zero-order valence-electron chi connectivity index (χ0n) is 23.3. The molecule has 0 aromatic heterocycles. The van der Waals surface area contributed by atoms with Crippen molar-refractivity contribution in [1.82, 2.24) is 0 Å². The zero-order valence-corrected chi connectivity index (χ0v) is 24.1. The minimum absolute atomic E-state index is 0.218. The fourth-order valence-corrected chi connectivity index (χ4v) is 6.27. The van der Waals surface area contributed by atoms with Crippen LogP contribution in [-0.4, -0.2) is 70.1 Å². The lowest BCUT2D eigenvalue weighted by molar-refractivity contribution is -0.888. The fraction of sp³-hybridized carbons (Fsp3) is 0.355. The van der Waals surface area contributed by atoms with Gasteiger partial charge in [-0.2, -0.15) is 0 Å². The van der Waals surface area contributed by atoms with Gasteiger partial charge >= 0.3 is 5.97 Å². The van der Waals surface area contributed by atoms with E-state index in [9.17, 15) is 9.59 Å². The Balaban J connectivity index is 1.36. The topological polar surface area (TPSA) is 74.3 Å². The molecule has 2 aliphatic heterocycles. The van der Waals surface area contributed by atoms with E-state index in [1.165, 1.54) is 12.5 Å². The molecule has 3 aromatic rings. The maximum Gasteiger partial charge on any atom is 0.303 e. The van der Waals surface area contributed by atoms with Crippen molar-refractivity contribution in [2.24, 2.45) is 0 Å². The second kappa shape index (κ2) is 11.8. The lowest BCUT2D eigenvalue weighted by atomic mass is 10.1. The third-order valence-corrected chi connectivity index (χ3v) is 8.68.